The third-order valence-corrected chi connectivity index (χ3v) is 7.03. The molecule has 1 atom stereocenters. The molecule has 1 unspecified atom stereocenters. The standard InChI is InChI=1S/C17H19N3O4S/c21-15(18-12-5-2-1-3-6-12)9-14-19-16(24-20-14)13-10-25(22,23)11-17(13)7-4-8-17/h1-3,5-6,13H,4,7-11H2,(H,18,21). The van der Waals surface area contributed by atoms with Crippen molar-refractivity contribution >= 4 is 21.4 Å². The van der Waals surface area contributed by atoms with Gasteiger partial charge in [0.25, 0.3) is 0 Å². The van der Waals surface area contributed by atoms with Crippen LogP contribution in [0.25, 0.3) is 0 Å². The van der Waals surface area contributed by atoms with Crippen LogP contribution in [0.5, 0.6) is 0 Å². The number of hydrogen-bond donors (Lipinski definition) is 1. The number of nitrogens with zero attached hydrogens (tertiary/aromatic N) is 2. The molecule has 1 aliphatic heterocycles. The van der Waals surface area contributed by atoms with Crippen LogP contribution >= 0.6 is 0 Å². The van der Waals surface area contributed by atoms with E-state index < -0.39 is 9.84 Å². The highest BCUT2D eigenvalue weighted by molar-refractivity contribution is 7.91. The number of aromatic nitrogens is 2. The lowest BCUT2D eigenvalue weighted by Crippen LogP contribution is -2.35. The van der Waals surface area contributed by atoms with Gasteiger partial charge >= 0.3 is 0 Å². The molecule has 1 aromatic heterocycles. The van der Waals surface area contributed by atoms with Crippen LogP contribution in [-0.4, -0.2) is 36.0 Å². The van der Waals surface area contributed by atoms with E-state index in [2.05, 4.69) is 15.5 Å². The van der Waals surface area contributed by atoms with Crippen molar-refractivity contribution in [3.05, 3.63) is 42.0 Å². The predicted molar refractivity (Wildman–Crippen MR) is 90.8 cm³/mol. The van der Waals surface area contributed by atoms with E-state index in [1.54, 1.807) is 12.1 Å². The third kappa shape index (κ3) is 3.18. The number of para-hydroxylation sites is 1. The van der Waals surface area contributed by atoms with Crippen LogP contribution in [0.2, 0.25) is 0 Å². The minimum absolute atomic E-state index is 0.00906. The van der Waals surface area contributed by atoms with E-state index in [1.165, 1.54) is 0 Å². The molecular formula is C17H19N3O4S. The summed E-state index contributed by atoms with van der Waals surface area (Å²) in [5, 5.41) is 6.64. The largest absolute Gasteiger partial charge is 0.339 e. The number of carbonyl (C=O) groups excluding carboxylic acids is 1. The molecule has 0 bridgehead atoms. The van der Waals surface area contributed by atoms with Gasteiger partial charge in [0.2, 0.25) is 11.8 Å². The van der Waals surface area contributed by atoms with Crippen molar-refractivity contribution in [1.82, 2.24) is 10.1 Å². The first kappa shape index (κ1) is 16.3. The summed E-state index contributed by atoms with van der Waals surface area (Å²) in [4.78, 5) is 16.4. The molecule has 1 aromatic carbocycles. The Hall–Kier alpha value is -2.22. The summed E-state index contributed by atoms with van der Waals surface area (Å²) < 4.78 is 29.4. The number of benzene rings is 1. The number of nitrogens with one attached hydrogen (secondary N) is 1. The number of hydrogen-bond acceptors (Lipinski definition) is 6. The summed E-state index contributed by atoms with van der Waals surface area (Å²) in [6, 6.07) is 9.13. The summed E-state index contributed by atoms with van der Waals surface area (Å²) in [7, 11) is -3.07. The molecule has 132 valence electrons. The van der Waals surface area contributed by atoms with Crippen molar-refractivity contribution in [1.29, 1.82) is 0 Å². The molecule has 1 saturated heterocycles. The molecule has 7 nitrogen and oxygen atoms in total. The van der Waals surface area contributed by atoms with Crippen molar-refractivity contribution in [3.8, 4) is 0 Å². The number of carbonyl (C=O) groups is 1. The molecule has 2 aromatic rings. The van der Waals surface area contributed by atoms with Crippen LogP contribution in [-0.2, 0) is 21.1 Å². The molecule has 4 rings (SSSR count). The van der Waals surface area contributed by atoms with Gasteiger partial charge in [0.1, 0.15) is 0 Å². The van der Waals surface area contributed by atoms with Gasteiger partial charge in [-0.05, 0) is 30.4 Å². The highest BCUT2D eigenvalue weighted by atomic mass is 32.2. The quantitative estimate of drug-likeness (QED) is 0.893. The maximum Gasteiger partial charge on any atom is 0.232 e. The minimum Gasteiger partial charge on any atom is -0.339 e. The maximum atomic E-state index is 12.1. The third-order valence-electron chi connectivity index (χ3n) is 5.17. The molecule has 1 saturated carbocycles. The lowest BCUT2D eigenvalue weighted by atomic mass is 9.63. The zero-order valence-electron chi connectivity index (χ0n) is 13.6. The molecule has 1 N–H and O–H groups in total. The van der Waals surface area contributed by atoms with Crippen LogP contribution in [0.3, 0.4) is 0 Å². The van der Waals surface area contributed by atoms with Gasteiger partial charge in [0.15, 0.2) is 15.7 Å². The van der Waals surface area contributed by atoms with E-state index in [0.29, 0.717) is 11.6 Å². The second-order valence-corrected chi connectivity index (χ2v) is 9.07. The Morgan fingerprint density at radius 1 is 1.28 bits per heavy atom. The van der Waals surface area contributed by atoms with Gasteiger partial charge < -0.3 is 9.84 Å². The van der Waals surface area contributed by atoms with E-state index in [9.17, 15) is 13.2 Å². The number of rotatable bonds is 4. The fourth-order valence-electron chi connectivity index (χ4n) is 3.84. The van der Waals surface area contributed by atoms with Crippen LogP contribution < -0.4 is 5.32 Å². The lowest BCUT2D eigenvalue weighted by Gasteiger charge is -2.40. The summed E-state index contributed by atoms with van der Waals surface area (Å²) in [5.41, 5.74) is 0.459. The van der Waals surface area contributed by atoms with Gasteiger partial charge in [-0.1, -0.05) is 29.8 Å². The fraction of sp³-hybridized carbons (Fsp3) is 0.471. The van der Waals surface area contributed by atoms with E-state index in [4.69, 9.17) is 4.52 Å². The molecule has 1 amide bonds. The second-order valence-electron chi connectivity index (χ2n) is 6.96. The predicted octanol–water partition coefficient (Wildman–Crippen LogP) is 1.93. The van der Waals surface area contributed by atoms with Crippen LogP contribution in [0.1, 0.15) is 36.9 Å². The van der Waals surface area contributed by atoms with Gasteiger partial charge in [0, 0.05) is 5.69 Å². The summed E-state index contributed by atoms with van der Waals surface area (Å²) >= 11 is 0. The molecule has 2 aliphatic rings. The average Bonchev–Trinajstić information content (AvgIpc) is 3.09. The smallest absolute Gasteiger partial charge is 0.232 e. The topological polar surface area (TPSA) is 102 Å². The molecule has 1 aliphatic carbocycles. The lowest BCUT2D eigenvalue weighted by molar-refractivity contribution is -0.115. The maximum absolute atomic E-state index is 12.1. The number of sulfone groups is 1. The first-order valence-corrected chi connectivity index (χ1v) is 10.2. The highest BCUT2D eigenvalue weighted by Crippen LogP contribution is 2.56. The van der Waals surface area contributed by atoms with E-state index >= 15 is 0 Å². The van der Waals surface area contributed by atoms with Crippen LogP contribution in [0.4, 0.5) is 5.69 Å². The van der Waals surface area contributed by atoms with Crippen LogP contribution in [0.15, 0.2) is 34.9 Å². The van der Waals surface area contributed by atoms with Crippen molar-refractivity contribution in [2.75, 3.05) is 16.8 Å². The first-order valence-electron chi connectivity index (χ1n) is 8.34. The van der Waals surface area contributed by atoms with Crippen molar-refractivity contribution in [2.45, 2.75) is 31.6 Å². The van der Waals surface area contributed by atoms with Gasteiger partial charge in [-0.15, -0.1) is 0 Å². The summed E-state index contributed by atoms with van der Waals surface area (Å²) in [6.45, 7) is 0. The summed E-state index contributed by atoms with van der Waals surface area (Å²) in [5.74, 6) is 0.410. The van der Waals surface area contributed by atoms with Crippen molar-refractivity contribution in [2.24, 2.45) is 5.41 Å². The molecular weight excluding hydrogens is 342 g/mol. The molecule has 0 radical (unpaired) electrons. The van der Waals surface area contributed by atoms with Crippen LogP contribution in [0, 0.1) is 5.41 Å². The van der Waals surface area contributed by atoms with Gasteiger partial charge in [-0.2, -0.15) is 4.98 Å². The van der Waals surface area contributed by atoms with E-state index in [1.807, 2.05) is 18.2 Å². The normalized spacial score (nSPS) is 23.3. The number of anilines is 1. The molecule has 2 fully saturated rings. The SMILES string of the molecule is O=C(Cc1noc(C2CS(=O)(=O)CC23CCC3)n1)Nc1ccccc1. The van der Waals surface area contributed by atoms with Gasteiger partial charge in [-0.3, -0.25) is 4.79 Å². The first-order chi connectivity index (χ1) is 12.0. The molecule has 2 heterocycles. The number of amides is 1. The minimum atomic E-state index is -3.07. The zero-order chi connectivity index (χ0) is 17.5. The Balaban J connectivity index is 1.46. The van der Waals surface area contributed by atoms with Gasteiger partial charge in [-0.25, -0.2) is 8.42 Å². The second kappa shape index (κ2) is 5.94. The molecule has 8 heteroatoms. The van der Waals surface area contributed by atoms with E-state index in [-0.39, 0.29) is 41.0 Å². The van der Waals surface area contributed by atoms with Crippen molar-refractivity contribution in [3.63, 3.8) is 0 Å². The summed E-state index contributed by atoms with van der Waals surface area (Å²) in [6.07, 6.45) is 2.78. The Labute approximate surface area is 145 Å². The Bertz CT molecular complexity index is 888. The van der Waals surface area contributed by atoms with E-state index in [0.717, 1.165) is 19.3 Å². The highest BCUT2D eigenvalue weighted by Gasteiger charge is 2.56. The Morgan fingerprint density at radius 3 is 2.72 bits per heavy atom. The zero-order valence-corrected chi connectivity index (χ0v) is 14.5. The Morgan fingerprint density at radius 2 is 2.04 bits per heavy atom. The van der Waals surface area contributed by atoms with Crippen molar-refractivity contribution < 1.29 is 17.7 Å². The molecule has 1 spiro atoms. The fourth-order valence-corrected chi connectivity index (χ4v) is 6.32. The molecule has 25 heavy (non-hydrogen) atoms. The monoisotopic (exact) mass is 361 g/mol. The van der Waals surface area contributed by atoms with Gasteiger partial charge in [0.05, 0.1) is 23.8 Å². The average molecular weight is 361 g/mol. The Kier molecular flexibility index (Phi) is 3.87.